The van der Waals surface area contributed by atoms with Crippen molar-refractivity contribution in [2.24, 2.45) is 5.92 Å². The van der Waals surface area contributed by atoms with Crippen molar-refractivity contribution in [3.8, 4) is 0 Å². The van der Waals surface area contributed by atoms with E-state index in [2.05, 4.69) is 24.1 Å². The predicted molar refractivity (Wildman–Crippen MR) is 82.3 cm³/mol. The molecule has 1 aliphatic rings. The number of rotatable bonds is 6. The van der Waals surface area contributed by atoms with Crippen LogP contribution >= 0.6 is 0 Å². The Morgan fingerprint density at radius 1 is 1.25 bits per heavy atom. The summed E-state index contributed by atoms with van der Waals surface area (Å²) in [5.41, 5.74) is 0.798. The molecule has 112 valence electrons. The predicted octanol–water partition coefficient (Wildman–Crippen LogP) is 3.60. The van der Waals surface area contributed by atoms with Crippen molar-refractivity contribution in [3.63, 3.8) is 0 Å². The van der Waals surface area contributed by atoms with E-state index in [-0.39, 0.29) is 11.9 Å². The molecule has 1 saturated heterocycles. The molecule has 1 atom stereocenters. The molecule has 1 fully saturated rings. The van der Waals surface area contributed by atoms with Crippen molar-refractivity contribution in [1.29, 1.82) is 0 Å². The summed E-state index contributed by atoms with van der Waals surface area (Å²) >= 11 is 0. The van der Waals surface area contributed by atoms with E-state index in [1.165, 1.54) is 19.3 Å². The van der Waals surface area contributed by atoms with Crippen LogP contribution < -0.4 is 5.32 Å². The summed E-state index contributed by atoms with van der Waals surface area (Å²) in [7, 11) is 0. The van der Waals surface area contributed by atoms with E-state index < -0.39 is 0 Å². The van der Waals surface area contributed by atoms with Crippen molar-refractivity contribution in [3.05, 3.63) is 35.6 Å². The van der Waals surface area contributed by atoms with Gasteiger partial charge >= 0.3 is 0 Å². The molecule has 2 rings (SSSR count). The Hall–Kier alpha value is -0.930. The fraction of sp³-hybridized carbons (Fsp3) is 0.647. The van der Waals surface area contributed by atoms with Gasteiger partial charge in [0.1, 0.15) is 5.82 Å². The summed E-state index contributed by atoms with van der Waals surface area (Å²) in [6, 6.07) is 7.24. The molecular formula is C17H27FN2. The Bertz CT molecular complexity index is 400. The lowest BCUT2D eigenvalue weighted by Gasteiger charge is -2.34. The molecule has 1 unspecified atom stereocenters. The van der Waals surface area contributed by atoms with E-state index in [0.29, 0.717) is 0 Å². The Balaban J connectivity index is 1.98. The van der Waals surface area contributed by atoms with E-state index in [1.54, 1.807) is 12.1 Å². The van der Waals surface area contributed by atoms with Crippen LogP contribution in [0.3, 0.4) is 0 Å². The van der Waals surface area contributed by atoms with Crippen molar-refractivity contribution in [2.45, 2.75) is 39.2 Å². The summed E-state index contributed by atoms with van der Waals surface area (Å²) in [4.78, 5) is 2.48. The van der Waals surface area contributed by atoms with Gasteiger partial charge in [0.25, 0.3) is 0 Å². The topological polar surface area (TPSA) is 15.3 Å². The van der Waals surface area contributed by atoms with Crippen LogP contribution in [0.5, 0.6) is 0 Å². The fourth-order valence-electron chi connectivity index (χ4n) is 3.11. The lowest BCUT2D eigenvalue weighted by atomic mass is 9.94. The van der Waals surface area contributed by atoms with Gasteiger partial charge in [0.2, 0.25) is 0 Å². The largest absolute Gasteiger partial charge is 0.309 e. The summed E-state index contributed by atoms with van der Waals surface area (Å²) in [5, 5.41) is 3.43. The Kier molecular flexibility index (Phi) is 5.99. The second kappa shape index (κ2) is 7.75. The normalized spacial score (nSPS) is 19.1. The highest BCUT2D eigenvalue weighted by molar-refractivity contribution is 5.21. The molecule has 1 heterocycles. The van der Waals surface area contributed by atoms with Crippen LogP contribution in [0.1, 0.15) is 44.7 Å². The minimum absolute atomic E-state index is 0.0955. The smallest absolute Gasteiger partial charge is 0.128 e. The number of piperidine rings is 1. The number of likely N-dealkylation sites (tertiary alicyclic amines) is 1. The second-order valence-corrected chi connectivity index (χ2v) is 5.78. The van der Waals surface area contributed by atoms with Crippen molar-refractivity contribution < 1.29 is 4.39 Å². The maximum atomic E-state index is 14.0. The van der Waals surface area contributed by atoms with Crippen molar-refractivity contribution >= 4 is 0 Å². The van der Waals surface area contributed by atoms with Gasteiger partial charge in [-0.15, -0.1) is 0 Å². The Morgan fingerprint density at radius 2 is 1.95 bits per heavy atom. The lowest BCUT2D eigenvalue weighted by molar-refractivity contribution is 0.165. The van der Waals surface area contributed by atoms with Gasteiger partial charge < -0.3 is 10.2 Å². The maximum absolute atomic E-state index is 14.0. The quantitative estimate of drug-likeness (QED) is 0.855. The Morgan fingerprint density at radius 3 is 2.55 bits per heavy atom. The summed E-state index contributed by atoms with van der Waals surface area (Å²) < 4.78 is 14.0. The molecule has 0 bridgehead atoms. The standard InChI is InChI=1S/C17H27FN2/c1-3-14-9-11-20(12-10-14)13-17(19-4-2)15-7-5-6-8-16(15)18/h5-8,14,17,19H,3-4,9-13H2,1-2H3. The third kappa shape index (κ3) is 4.03. The molecule has 0 aliphatic carbocycles. The molecule has 0 aromatic heterocycles. The molecule has 0 radical (unpaired) electrons. The molecule has 1 aliphatic heterocycles. The minimum atomic E-state index is -0.0955. The van der Waals surface area contributed by atoms with Crippen LogP contribution in [0.4, 0.5) is 4.39 Å². The second-order valence-electron chi connectivity index (χ2n) is 5.78. The summed E-state index contributed by atoms with van der Waals surface area (Å²) in [6.45, 7) is 8.43. The van der Waals surface area contributed by atoms with Crippen LogP contribution in [0.2, 0.25) is 0 Å². The summed E-state index contributed by atoms with van der Waals surface area (Å²) in [6.07, 6.45) is 3.86. The molecule has 0 saturated carbocycles. The van der Waals surface area contributed by atoms with Gasteiger partial charge in [0, 0.05) is 18.2 Å². The number of hydrogen-bond donors (Lipinski definition) is 1. The number of nitrogens with zero attached hydrogens (tertiary/aromatic N) is 1. The molecule has 1 aromatic carbocycles. The first-order valence-electron chi connectivity index (χ1n) is 7.94. The molecule has 3 heteroatoms. The molecule has 0 spiro atoms. The van der Waals surface area contributed by atoms with Crippen LogP contribution in [-0.4, -0.2) is 31.1 Å². The van der Waals surface area contributed by atoms with E-state index in [9.17, 15) is 4.39 Å². The van der Waals surface area contributed by atoms with Crippen LogP contribution in [0.15, 0.2) is 24.3 Å². The SMILES string of the molecule is CCNC(CN1CCC(CC)CC1)c1ccccc1F. The number of likely N-dealkylation sites (N-methyl/N-ethyl adjacent to an activating group) is 1. The fourth-order valence-corrected chi connectivity index (χ4v) is 3.11. The van der Waals surface area contributed by atoms with E-state index >= 15 is 0 Å². The zero-order valence-corrected chi connectivity index (χ0v) is 12.7. The Labute approximate surface area is 122 Å². The third-order valence-corrected chi connectivity index (χ3v) is 4.46. The summed E-state index contributed by atoms with van der Waals surface area (Å²) in [5.74, 6) is 0.791. The monoisotopic (exact) mass is 278 g/mol. The van der Waals surface area contributed by atoms with Crippen LogP contribution in [0.25, 0.3) is 0 Å². The highest BCUT2D eigenvalue weighted by Crippen LogP contribution is 2.23. The van der Waals surface area contributed by atoms with Gasteiger partial charge in [0.15, 0.2) is 0 Å². The van der Waals surface area contributed by atoms with Crippen molar-refractivity contribution in [1.82, 2.24) is 10.2 Å². The van der Waals surface area contributed by atoms with Gasteiger partial charge in [-0.3, -0.25) is 0 Å². The highest BCUT2D eigenvalue weighted by Gasteiger charge is 2.22. The first kappa shape index (κ1) is 15.5. The van der Waals surface area contributed by atoms with Crippen LogP contribution in [0, 0.1) is 11.7 Å². The number of halogens is 1. The maximum Gasteiger partial charge on any atom is 0.128 e. The molecule has 1 aromatic rings. The first-order chi connectivity index (χ1) is 9.74. The number of nitrogens with one attached hydrogen (secondary N) is 1. The van der Waals surface area contributed by atoms with E-state index in [0.717, 1.165) is 37.7 Å². The van der Waals surface area contributed by atoms with Gasteiger partial charge in [0.05, 0.1) is 0 Å². The molecule has 2 nitrogen and oxygen atoms in total. The third-order valence-electron chi connectivity index (χ3n) is 4.46. The van der Waals surface area contributed by atoms with E-state index in [1.807, 2.05) is 12.1 Å². The van der Waals surface area contributed by atoms with Crippen molar-refractivity contribution in [2.75, 3.05) is 26.2 Å². The van der Waals surface area contributed by atoms with Gasteiger partial charge in [-0.2, -0.15) is 0 Å². The number of benzene rings is 1. The van der Waals surface area contributed by atoms with Gasteiger partial charge in [-0.1, -0.05) is 38.5 Å². The van der Waals surface area contributed by atoms with Gasteiger partial charge in [-0.25, -0.2) is 4.39 Å². The molecular weight excluding hydrogens is 251 g/mol. The average Bonchev–Trinajstić information content (AvgIpc) is 2.48. The molecule has 20 heavy (non-hydrogen) atoms. The average molecular weight is 278 g/mol. The highest BCUT2D eigenvalue weighted by atomic mass is 19.1. The molecule has 0 amide bonds. The number of hydrogen-bond acceptors (Lipinski definition) is 2. The zero-order valence-electron chi connectivity index (χ0n) is 12.7. The molecule has 1 N–H and O–H groups in total. The van der Waals surface area contributed by atoms with Gasteiger partial charge in [-0.05, 0) is 44.5 Å². The lowest BCUT2D eigenvalue weighted by Crippen LogP contribution is -2.40. The minimum Gasteiger partial charge on any atom is -0.309 e. The first-order valence-corrected chi connectivity index (χ1v) is 7.94. The van der Waals surface area contributed by atoms with E-state index in [4.69, 9.17) is 0 Å². The van der Waals surface area contributed by atoms with Crippen LogP contribution in [-0.2, 0) is 0 Å². The zero-order chi connectivity index (χ0) is 14.4.